The molecule has 0 bridgehead atoms. The van der Waals surface area contributed by atoms with Gasteiger partial charge in [-0.3, -0.25) is 4.79 Å². The van der Waals surface area contributed by atoms with Crippen molar-refractivity contribution in [1.82, 2.24) is 10.2 Å². The van der Waals surface area contributed by atoms with Crippen LogP contribution in [-0.4, -0.2) is 10.2 Å². The second-order valence-corrected chi connectivity index (χ2v) is 4.73. The van der Waals surface area contributed by atoms with Crippen molar-refractivity contribution in [3.05, 3.63) is 46.4 Å². The van der Waals surface area contributed by atoms with Crippen molar-refractivity contribution in [3.8, 4) is 0 Å². The van der Waals surface area contributed by atoms with E-state index in [1.54, 1.807) is 23.7 Å². The van der Waals surface area contributed by atoms with Gasteiger partial charge in [-0.15, -0.1) is 11.3 Å². The lowest BCUT2D eigenvalue weighted by Gasteiger charge is -2.01. The van der Waals surface area contributed by atoms with Gasteiger partial charge in [0.2, 0.25) is 0 Å². The molecule has 4 heteroatoms. The average Bonchev–Trinajstić information content (AvgIpc) is 2.41. The van der Waals surface area contributed by atoms with Gasteiger partial charge in [0.05, 0.1) is 22.5 Å². The molecule has 1 aromatic carbocycles. The van der Waals surface area contributed by atoms with Crippen molar-refractivity contribution in [2.75, 3.05) is 0 Å². The number of aryl methyl sites for hydroxylation is 1. The van der Waals surface area contributed by atoms with Crippen LogP contribution in [-0.2, 0) is 0 Å². The van der Waals surface area contributed by atoms with Gasteiger partial charge in [-0.2, -0.15) is 10.2 Å². The Labute approximate surface area is 109 Å². The molecule has 0 spiro atoms. The third-order valence-electron chi connectivity index (χ3n) is 2.62. The van der Waals surface area contributed by atoms with E-state index in [1.807, 2.05) is 39.0 Å². The second kappa shape index (κ2) is 5.23. The first-order valence-corrected chi connectivity index (χ1v) is 6.72. The van der Waals surface area contributed by atoms with E-state index < -0.39 is 0 Å². The van der Waals surface area contributed by atoms with E-state index in [2.05, 4.69) is 10.2 Å². The van der Waals surface area contributed by atoms with Crippen molar-refractivity contribution in [2.45, 2.75) is 20.8 Å². The Bertz CT molecular complexity index is 749. The van der Waals surface area contributed by atoms with Gasteiger partial charge in [-0.1, -0.05) is 26.0 Å². The molecule has 3 rings (SSSR count). The molecule has 2 aromatic heterocycles. The Morgan fingerprint density at radius 1 is 1.06 bits per heavy atom. The van der Waals surface area contributed by atoms with Gasteiger partial charge in [0.1, 0.15) is 0 Å². The molecule has 0 saturated carbocycles. The van der Waals surface area contributed by atoms with Crippen LogP contribution in [0.4, 0.5) is 0 Å². The van der Waals surface area contributed by atoms with Crippen molar-refractivity contribution < 1.29 is 0 Å². The predicted octanol–water partition coefficient (Wildman–Crippen LogP) is 3.54. The monoisotopic (exact) mass is 258 g/mol. The molecule has 3 nitrogen and oxygen atoms in total. The van der Waals surface area contributed by atoms with Gasteiger partial charge in [-0.05, 0) is 18.6 Å². The van der Waals surface area contributed by atoms with Crippen molar-refractivity contribution in [3.63, 3.8) is 0 Å². The zero-order valence-corrected chi connectivity index (χ0v) is 11.4. The Balaban J connectivity index is 0.000000574. The van der Waals surface area contributed by atoms with Crippen LogP contribution in [0.25, 0.3) is 20.2 Å². The van der Waals surface area contributed by atoms with Crippen LogP contribution in [0.2, 0.25) is 0 Å². The summed E-state index contributed by atoms with van der Waals surface area (Å²) >= 11 is 1.58. The third-order valence-corrected chi connectivity index (χ3v) is 3.73. The van der Waals surface area contributed by atoms with Gasteiger partial charge in [0, 0.05) is 10.1 Å². The molecule has 0 aliphatic heterocycles. The Morgan fingerprint density at radius 3 is 2.56 bits per heavy atom. The van der Waals surface area contributed by atoms with Crippen LogP contribution in [0.1, 0.15) is 19.4 Å². The van der Waals surface area contributed by atoms with Gasteiger partial charge < -0.3 is 0 Å². The molecule has 0 aliphatic rings. The number of rotatable bonds is 0. The maximum atomic E-state index is 12.2. The second-order valence-electron chi connectivity index (χ2n) is 3.65. The molecule has 0 fully saturated rings. The molecule has 2 heterocycles. The zero-order valence-electron chi connectivity index (χ0n) is 10.6. The summed E-state index contributed by atoms with van der Waals surface area (Å²) in [6.07, 6.45) is 3.18. The van der Waals surface area contributed by atoms with Crippen molar-refractivity contribution in [2.24, 2.45) is 0 Å². The fourth-order valence-electron chi connectivity index (χ4n) is 1.83. The molecule has 0 atom stereocenters. The Hall–Kier alpha value is -1.81. The number of nitrogens with zero attached hydrogens (tertiary/aromatic N) is 2. The Morgan fingerprint density at radius 2 is 1.78 bits per heavy atom. The van der Waals surface area contributed by atoms with Crippen LogP contribution < -0.4 is 5.43 Å². The number of hydrogen-bond acceptors (Lipinski definition) is 4. The molecule has 92 valence electrons. The topological polar surface area (TPSA) is 42.9 Å². The SMILES string of the molecule is CC.Cc1cccc2sc3cnncc3c(=O)c12. The summed E-state index contributed by atoms with van der Waals surface area (Å²) in [6, 6.07) is 5.89. The smallest absolute Gasteiger partial charge is 0.197 e. The van der Waals surface area contributed by atoms with Gasteiger partial charge in [0.25, 0.3) is 0 Å². The van der Waals surface area contributed by atoms with E-state index in [0.717, 1.165) is 20.3 Å². The summed E-state index contributed by atoms with van der Waals surface area (Å²) in [5, 5.41) is 9.03. The van der Waals surface area contributed by atoms with E-state index in [0.29, 0.717) is 5.39 Å². The van der Waals surface area contributed by atoms with Crippen molar-refractivity contribution in [1.29, 1.82) is 0 Å². The standard InChI is InChI=1S/C12H8N2OS.C2H6/c1-7-3-2-4-9-11(7)12(15)8-5-13-14-6-10(8)16-9;1-2/h2-6H,1H3;1-2H3. The average molecular weight is 258 g/mol. The van der Waals surface area contributed by atoms with Crippen LogP contribution in [0.15, 0.2) is 35.4 Å². The van der Waals surface area contributed by atoms with Crippen molar-refractivity contribution >= 4 is 31.5 Å². The van der Waals surface area contributed by atoms with Crippen LogP contribution in [0.5, 0.6) is 0 Å². The summed E-state index contributed by atoms with van der Waals surface area (Å²) in [7, 11) is 0. The number of fused-ring (bicyclic) bond motifs is 2. The minimum Gasteiger partial charge on any atom is -0.288 e. The molecule has 3 aromatic rings. The molecular weight excluding hydrogens is 244 g/mol. The number of aromatic nitrogens is 2. The number of hydrogen-bond donors (Lipinski definition) is 0. The fourth-order valence-corrected chi connectivity index (χ4v) is 2.93. The van der Waals surface area contributed by atoms with E-state index in [9.17, 15) is 4.79 Å². The lowest BCUT2D eigenvalue weighted by molar-refractivity contribution is 1.05. The zero-order chi connectivity index (χ0) is 13.1. The first kappa shape index (κ1) is 12.6. The van der Waals surface area contributed by atoms with Crippen LogP contribution >= 0.6 is 11.3 Å². The third kappa shape index (κ3) is 1.99. The lowest BCUT2D eigenvalue weighted by atomic mass is 10.1. The lowest BCUT2D eigenvalue weighted by Crippen LogP contribution is -2.03. The van der Waals surface area contributed by atoms with E-state index in [-0.39, 0.29) is 5.43 Å². The first-order valence-electron chi connectivity index (χ1n) is 5.90. The summed E-state index contributed by atoms with van der Waals surface area (Å²) in [5.41, 5.74) is 1.06. The molecule has 0 amide bonds. The van der Waals surface area contributed by atoms with E-state index in [4.69, 9.17) is 0 Å². The quantitative estimate of drug-likeness (QED) is 0.579. The van der Waals surface area contributed by atoms with Gasteiger partial charge in [0.15, 0.2) is 5.43 Å². The molecule has 0 radical (unpaired) electrons. The molecular formula is C14H14N2OS. The van der Waals surface area contributed by atoms with Gasteiger partial charge >= 0.3 is 0 Å². The van der Waals surface area contributed by atoms with E-state index >= 15 is 0 Å². The van der Waals surface area contributed by atoms with Crippen LogP contribution in [0, 0.1) is 6.92 Å². The highest BCUT2D eigenvalue weighted by Crippen LogP contribution is 2.24. The highest BCUT2D eigenvalue weighted by atomic mass is 32.1. The molecule has 0 saturated heterocycles. The largest absolute Gasteiger partial charge is 0.288 e. The fraction of sp³-hybridized carbons (Fsp3) is 0.214. The normalized spacial score (nSPS) is 10.2. The van der Waals surface area contributed by atoms with Gasteiger partial charge in [-0.25, -0.2) is 0 Å². The van der Waals surface area contributed by atoms with E-state index in [1.165, 1.54) is 0 Å². The minimum atomic E-state index is 0.0525. The summed E-state index contributed by atoms with van der Waals surface area (Å²) < 4.78 is 1.89. The highest BCUT2D eigenvalue weighted by molar-refractivity contribution is 7.24. The Kier molecular flexibility index (Phi) is 3.67. The molecule has 18 heavy (non-hydrogen) atoms. The summed E-state index contributed by atoms with van der Waals surface area (Å²) in [5.74, 6) is 0. The predicted molar refractivity (Wildman–Crippen MR) is 77.3 cm³/mol. The molecule has 0 N–H and O–H groups in total. The minimum absolute atomic E-state index is 0.0525. The van der Waals surface area contributed by atoms with Crippen LogP contribution in [0.3, 0.4) is 0 Å². The first-order chi connectivity index (χ1) is 8.77. The highest BCUT2D eigenvalue weighted by Gasteiger charge is 2.07. The molecule has 0 unspecified atom stereocenters. The maximum Gasteiger partial charge on any atom is 0.197 e. The molecule has 0 aliphatic carbocycles. The summed E-state index contributed by atoms with van der Waals surface area (Å²) in [4.78, 5) is 12.2. The summed E-state index contributed by atoms with van der Waals surface area (Å²) in [6.45, 7) is 5.96. The number of benzene rings is 1. The maximum absolute atomic E-state index is 12.2.